The predicted octanol–water partition coefficient (Wildman–Crippen LogP) is 2.97. The number of carbonyl (C=O) groups excluding carboxylic acids is 1. The molecule has 4 nitrogen and oxygen atoms in total. The molecule has 2 aromatic carbocycles. The molecule has 0 aliphatic carbocycles. The molecule has 1 heterocycles. The summed E-state index contributed by atoms with van der Waals surface area (Å²) in [5, 5.41) is -0.725. The Kier molecular flexibility index (Phi) is 4.85. The number of rotatable bonds is 2. The molecule has 1 amide bonds. The Labute approximate surface area is 145 Å². The normalized spacial score (nSPS) is 20.1. The third-order valence-electron chi connectivity index (χ3n) is 4.38. The quantitative estimate of drug-likeness (QED) is 0.822. The smallest absolute Gasteiger partial charge is 0.259 e. The molecule has 7 heteroatoms. The summed E-state index contributed by atoms with van der Waals surface area (Å²) in [6.07, 6.45) is 0.189. The number of hydrogen-bond donors (Lipinski definition) is 0. The van der Waals surface area contributed by atoms with Crippen molar-refractivity contribution in [3.05, 3.63) is 71.3 Å². The maximum absolute atomic E-state index is 13.8. The van der Waals surface area contributed by atoms with Crippen LogP contribution >= 0.6 is 0 Å². The number of halogens is 2. The van der Waals surface area contributed by atoms with E-state index in [1.54, 1.807) is 30.3 Å². The summed E-state index contributed by atoms with van der Waals surface area (Å²) in [6, 6.07) is 12.0. The lowest BCUT2D eigenvalue weighted by Gasteiger charge is -2.20. The molecule has 1 fully saturated rings. The average Bonchev–Trinajstić information content (AvgIpc) is 2.73. The number of nitrogens with zero attached hydrogens (tertiary/aromatic N) is 1. The molecule has 132 valence electrons. The minimum Gasteiger partial charge on any atom is -0.337 e. The van der Waals surface area contributed by atoms with Crippen molar-refractivity contribution in [1.29, 1.82) is 0 Å². The molecule has 3 rings (SSSR count). The van der Waals surface area contributed by atoms with Crippen LogP contribution in [-0.4, -0.2) is 38.1 Å². The molecular formula is C18H17F2NO3S. The van der Waals surface area contributed by atoms with Gasteiger partial charge in [0.25, 0.3) is 5.91 Å². The van der Waals surface area contributed by atoms with Crippen LogP contribution in [0, 0.1) is 11.6 Å². The van der Waals surface area contributed by atoms with E-state index in [4.69, 9.17) is 0 Å². The lowest BCUT2D eigenvalue weighted by Crippen LogP contribution is -2.34. The highest BCUT2D eigenvalue weighted by Gasteiger charge is 2.34. The zero-order valence-corrected chi connectivity index (χ0v) is 14.2. The summed E-state index contributed by atoms with van der Waals surface area (Å²) >= 11 is 0. The fraction of sp³-hybridized carbons (Fsp3) is 0.278. The second kappa shape index (κ2) is 6.92. The van der Waals surface area contributed by atoms with E-state index in [0.717, 1.165) is 12.1 Å². The van der Waals surface area contributed by atoms with Gasteiger partial charge in [-0.3, -0.25) is 4.79 Å². The van der Waals surface area contributed by atoms with E-state index >= 15 is 0 Å². The van der Waals surface area contributed by atoms with Crippen molar-refractivity contribution >= 4 is 15.7 Å². The van der Waals surface area contributed by atoms with E-state index in [1.165, 1.54) is 11.0 Å². The van der Waals surface area contributed by atoms with Crippen molar-refractivity contribution in [2.24, 2.45) is 0 Å². The second-order valence-electron chi connectivity index (χ2n) is 5.94. The first kappa shape index (κ1) is 17.5. The summed E-state index contributed by atoms with van der Waals surface area (Å²) < 4.78 is 52.8. The third kappa shape index (κ3) is 3.56. The Bertz CT molecular complexity index is 864. The highest BCUT2D eigenvalue weighted by Crippen LogP contribution is 2.30. The second-order valence-corrected chi connectivity index (χ2v) is 8.25. The molecule has 0 bridgehead atoms. The minimum atomic E-state index is -3.46. The van der Waals surface area contributed by atoms with Gasteiger partial charge < -0.3 is 4.90 Å². The molecule has 1 aliphatic heterocycles. The van der Waals surface area contributed by atoms with Gasteiger partial charge >= 0.3 is 0 Å². The van der Waals surface area contributed by atoms with Crippen molar-refractivity contribution in [2.75, 3.05) is 18.8 Å². The van der Waals surface area contributed by atoms with Crippen LogP contribution in [0.4, 0.5) is 8.78 Å². The first-order valence-corrected chi connectivity index (χ1v) is 9.61. The Morgan fingerprint density at radius 2 is 1.60 bits per heavy atom. The maximum atomic E-state index is 13.8. The molecule has 0 N–H and O–H groups in total. The third-order valence-corrected chi connectivity index (χ3v) is 6.50. The number of sulfone groups is 1. The fourth-order valence-corrected chi connectivity index (χ4v) is 4.84. The van der Waals surface area contributed by atoms with Crippen LogP contribution in [0.5, 0.6) is 0 Å². The van der Waals surface area contributed by atoms with Crippen LogP contribution in [0.15, 0.2) is 48.5 Å². The molecule has 1 atom stereocenters. The summed E-state index contributed by atoms with van der Waals surface area (Å²) in [6.45, 7) is 0.0314. The van der Waals surface area contributed by atoms with Gasteiger partial charge in [-0.2, -0.15) is 0 Å². The molecule has 25 heavy (non-hydrogen) atoms. The maximum Gasteiger partial charge on any atom is 0.259 e. The van der Waals surface area contributed by atoms with E-state index in [0.29, 0.717) is 5.56 Å². The fourth-order valence-electron chi connectivity index (χ4n) is 3.05. The highest BCUT2D eigenvalue weighted by molar-refractivity contribution is 7.91. The van der Waals surface area contributed by atoms with Crippen molar-refractivity contribution in [2.45, 2.75) is 11.7 Å². The standard InChI is InChI=1S/C18H17F2NO3S/c19-14-7-4-8-15(20)17(14)18(22)21-10-9-16(25(23,24)12-11-21)13-5-2-1-3-6-13/h1-8,16H,9-12H2. The molecular weight excluding hydrogens is 348 g/mol. The van der Waals surface area contributed by atoms with E-state index in [2.05, 4.69) is 0 Å². The molecule has 0 spiro atoms. The van der Waals surface area contributed by atoms with Crippen LogP contribution in [0.3, 0.4) is 0 Å². The lowest BCUT2D eigenvalue weighted by atomic mass is 10.1. The number of hydrogen-bond acceptors (Lipinski definition) is 3. The van der Waals surface area contributed by atoms with Gasteiger partial charge in [0.2, 0.25) is 0 Å². The lowest BCUT2D eigenvalue weighted by molar-refractivity contribution is 0.0757. The first-order chi connectivity index (χ1) is 11.9. The molecule has 0 saturated carbocycles. The molecule has 1 unspecified atom stereocenters. The minimum absolute atomic E-state index is 0.0850. The van der Waals surface area contributed by atoms with E-state index in [1.807, 2.05) is 0 Å². The van der Waals surface area contributed by atoms with Crippen molar-refractivity contribution < 1.29 is 22.0 Å². The number of amides is 1. The monoisotopic (exact) mass is 365 g/mol. The zero-order valence-electron chi connectivity index (χ0n) is 13.4. The van der Waals surface area contributed by atoms with Crippen molar-refractivity contribution in [3.63, 3.8) is 0 Å². The van der Waals surface area contributed by atoms with Gasteiger partial charge in [0.15, 0.2) is 9.84 Å². The summed E-state index contributed by atoms with van der Waals surface area (Å²) in [5.74, 6) is -2.96. The first-order valence-electron chi connectivity index (χ1n) is 7.90. The van der Waals surface area contributed by atoms with Crippen molar-refractivity contribution in [3.8, 4) is 0 Å². The zero-order chi connectivity index (χ0) is 18.0. The van der Waals surface area contributed by atoms with Gasteiger partial charge in [-0.15, -0.1) is 0 Å². The van der Waals surface area contributed by atoms with Crippen molar-refractivity contribution in [1.82, 2.24) is 4.90 Å². The topological polar surface area (TPSA) is 54.5 Å². The van der Waals surface area contributed by atoms with E-state index < -0.39 is 38.2 Å². The summed E-state index contributed by atoms with van der Waals surface area (Å²) in [5.41, 5.74) is 0.0203. The predicted molar refractivity (Wildman–Crippen MR) is 89.8 cm³/mol. The molecule has 2 aromatic rings. The molecule has 1 saturated heterocycles. The molecule has 0 aromatic heterocycles. The number of benzene rings is 2. The van der Waals surface area contributed by atoms with Crippen LogP contribution in [-0.2, 0) is 9.84 Å². The highest BCUT2D eigenvalue weighted by atomic mass is 32.2. The molecule has 0 radical (unpaired) electrons. The average molecular weight is 365 g/mol. The van der Waals surface area contributed by atoms with Gasteiger partial charge in [-0.05, 0) is 24.1 Å². The van der Waals surface area contributed by atoms with Gasteiger partial charge in [0.05, 0.1) is 11.0 Å². The van der Waals surface area contributed by atoms with Gasteiger partial charge in [-0.1, -0.05) is 36.4 Å². The Morgan fingerprint density at radius 3 is 2.24 bits per heavy atom. The summed E-state index contributed by atoms with van der Waals surface area (Å²) in [7, 11) is -3.46. The van der Waals surface area contributed by atoms with Crippen LogP contribution in [0.1, 0.15) is 27.6 Å². The SMILES string of the molecule is O=C(c1c(F)cccc1F)N1CCC(c2ccccc2)S(=O)(=O)CC1. The van der Waals surface area contributed by atoms with Crippen LogP contribution < -0.4 is 0 Å². The Hall–Kier alpha value is -2.28. The number of carbonyl (C=O) groups is 1. The van der Waals surface area contributed by atoms with Crippen LogP contribution in [0.25, 0.3) is 0 Å². The van der Waals surface area contributed by atoms with E-state index in [9.17, 15) is 22.0 Å². The van der Waals surface area contributed by atoms with Gasteiger partial charge in [0, 0.05) is 13.1 Å². The largest absolute Gasteiger partial charge is 0.337 e. The Balaban J connectivity index is 1.87. The Morgan fingerprint density at radius 1 is 0.960 bits per heavy atom. The molecule has 1 aliphatic rings. The summed E-state index contributed by atoms with van der Waals surface area (Å²) in [4.78, 5) is 13.7. The van der Waals surface area contributed by atoms with E-state index in [-0.39, 0.29) is 25.3 Å². The van der Waals surface area contributed by atoms with Gasteiger partial charge in [0.1, 0.15) is 17.2 Å². The van der Waals surface area contributed by atoms with Crippen LogP contribution in [0.2, 0.25) is 0 Å². The van der Waals surface area contributed by atoms with Gasteiger partial charge in [-0.25, -0.2) is 17.2 Å².